The first-order valence-electron chi connectivity index (χ1n) is 12.4. The highest BCUT2D eigenvalue weighted by atomic mass is 19.1. The number of carbonyl (C=O) groups excluding carboxylic acids is 3. The molecule has 0 saturated carbocycles. The maximum atomic E-state index is 14.6. The van der Waals surface area contributed by atoms with E-state index in [4.69, 9.17) is 9.47 Å². The van der Waals surface area contributed by atoms with Crippen LogP contribution < -0.4 is 9.64 Å². The minimum absolute atomic E-state index is 0.120. The monoisotopic (exact) mass is 509 g/mol. The van der Waals surface area contributed by atoms with Gasteiger partial charge >= 0.3 is 5.97 Å². The van der Waals surface area contributed by atoms with Gasteiger partial charge in [-0.1, -0.05) is 18.2 Å². The molecule has 0 aromatic heterocycles. The van der Waals surface area contributed by atoms with E-state index in [-0.39, 0.29) is 42.5 Å². The molecule has 0 aliphatic carbocycles. The Morgan fingerprint density at radius 3 is 2.32 bits per heavy atom. The van der Waals surface area contributed by atoms with Gasteiger partial charge in [0.1, 0.15) is 18.1 Å². The summed E-state index contributed by atoms with van der Waals surface area (Å²) in [5, 5.41) is 0. The van der Waals surface area contributed by atoms with E-state index in [1.807, 2.05) is 24.3 Å². The SMILES string of the molecule is CCOC(=O)C1=C(C)N(CC(=O)N2CCN(c3ccc(OC)cc3)CC2)C(=O)CC1c1ccccc1F. The van der Waals surface area contributed by atoms with Crippen molar-refractivity contribution < 1.29 is 28.2 Å². The van der Waals surface area contributed by atoms with Crippen molar-refractivity contribution in [3.63, 3.8) is 0 Å². The van der Waals surface area contributed by atoms with E-state index in [0.717, 1.165) is 11.4 Å². The Hall–Kier alpha value is -3.88. The molecule has 1 unspecified atom stereocenters. The van der Waals surface area contributed by atoms with Gasteiger partial charge in [0.25, 0.3) is 0 Å². The zero-order chi connectivity index (χ0) is 26.5. The van der Waals surface area contributed by atoms with Crippen LogP contribution in [0.1, 0.15) is 31.7 Å². The highest BCUT2D eigenvalue weighted by Crippen LogP contribution is 2.38. The van der Waals surface area contributed by atoms with Crippen molar-refractivity contribution in [3.8, 4) is 5.75 Å². The summed E-state index contributed by atoms with van der Waals surface area (Å²) in [7, 11) is 1.62. The number of rotatable bonds is 7. The topological polar surface area (TPSA) is 79.4 Å². The van der Waals surface area contributed by atoms with Crippen LogP contribution in [0.2, 0.25) is 0 Å². The van der Waals surface area contributed by atoms with E-state index in [9.17, 15) is 18.8 Å². The molecule has 0 radical (unpaired) electrons. The Labute approximate surface area is 216 Å². The fourth-order valence-corrected chi connectivity index (χ4v) is 4.94. The van der Waals surface area contributed by atoms with Crippen molar-refractivity contribution in [1.29, 1.82) is 0 Å². The average Bonchev–Trinajstić information content (AvgIpc) is 2.91. The van der Waals surface area contributed by atoms with Gasteiger partial charge in [-0.15, -0.1) is 0 Å². The Morgan fingerprint density at radius 2 is 1.70 bits per heavy atom. The van der Waals surface area contributed by atoms with Crippen LogP contribution >= 0.6 is 0 Å². The normalized spacial score (nSPS) is 18.2. The zero-order valence-corrected chi connectivity index (χ0v) is 21.4. The van der Waals surface area contributed by atoms with Gasteiger partial charge < -0.3 is 24.2 Å². The molecule has 2 aromatic rings. The number of nitrogens with zero attached hydrogens (tertiary/aromatic N) is 3. The van der Waals surface area contributed by atoms with Crippen LogP contribution in [0.25, 0.3) is 0 Å². The van der Waals surface area contributed by atoms with Crippen LogP contribution in [-0.2, 0) is 19.1 Å². The first-order chi connectivity index (χ1) is 17.8. The van der Waals surface area contributed by atoms with Crippen LogP contribution in [0.3, 0.4) is 0 Å². The Morgan fingerprint density at radius 1 is 1.03 bits per heavy atom. The number of hydrogen-bond donors (Lipinski definition) is 0. The Kier molecular flexibility index (Phi) is 8.11. The second-order valence-corrected chi connectivity index (χ2v) is 9.04. The molecule has 2 amide bonds. The van der Waals surface area contributed by atoms with E-state index in [1.165, 1.54) is 11.0 Å². The summed E-state index contributed by atoms with van der Waals surface area (Å²) in [4.78, 5) is 44.5. The van der Waals surface area contributed by atoms with Crippen molar-refractivity contribution in [2.45, 2.75) is 26.2 Å². The van der Waals surface area contributed by atoms with Gasteiger partial charge in [-0.3, -0.25) is 9.59 Å². The standard InChI is InChI=1S/C28H32FN3O5/c1-4-37-28(35)27-19(2)32(25(33)17-23(27)22-7-5-6-8-24(22)29)18-26(34)31-15-13-30(14-16-31)20-9-11-21(36-3)12-10-20/h5-12,23H,4,13-18H2,1-3H3. The number of halogens is 1. The number of ether oxygens (including phenoxy) is 2. The smallest absolute Gasteiger partial charge is 0.336 e. The van der Waals surface area contributed by atoms with E-state index in [0.29, 0.717) is 31.9 Å². The van der Waals surface area contributed by atoms with Crippen molar-refractivity contribution >= 4 is 23.5 Å². The fourth-order valence-electron chi connectivity index (χ4n) is 4.94. The third kappa shape index (κ3) is 5.60. The van der Waals surface area contributed by atoms with Crippen molar-refractivity contribution in [3.05, 3.63) is 71.2 Å². The number of esters is 1. The molecule has 9 heteroatoms. The molecular formula is C28H32FN3O5. The summed E-state index contributed by atoms with van der Waals surface area (Å²) in [6.07, 6.45) is -0.120. The second-order valence-electron chi connectivity index (χ2n) is 9.04. The summed E-state index contributed by atoms with van der Waals surface area (Å²) < 4.78 is 25.1. The molecule has 2 aliphatic rings. The minimum Gasteiger partial charge on any atom is -0.497 e. The summed E-state index contributed by atoms with van der Waals surface area (Å²) in [6.45, 7) is 5.61. The number of benzene rings is 2. The molecule has 8 nitrogen and oxygen atoms in total. The first-order valence-corrected chi connectivity index (χ1v) is 12.4. The number of allylic oxidation sites excluding steroid dienone is 1. The van der Waals surface area contributed by atoms with Gasteiger partial charge in [0.15, 0.2) is 0 Å². The Bertz CT molecular complexity index is 1190. The molecule has 2 heterocycles. The minimum atomic E-state index is -0.771. The quantitative estimate of drug-likeness (QED) is 0.533. The number of anilines is 1. The van der Waals surface area contributed by atoms with Crippen LogP contribution in [0, 0.1) is 5.82 Å². The Balaban J connectivity index is 1.49. The highest BCUT2D eigenvalue weighted by molar-refractivity contribution is 5.97. The van der Waals surface area contributed by atoms with Gasteiger partial charge in [-0.25, -0.2) is 9.18 Å². The third-order valence-electron chi connectivity index (χ3n) is 6.96. The summed E-state index contributed by atoms with van der Waals surface area (Å²) in [5.74, 6) is -1.61. The maximum absolute atomic E-state index is 14.6. The lowest BCUT2D eigenvalue weighted by molar-refractivity contribution is -0.142. The summed E-state index contributed by atoms with van der Waals surface area (Å²) in [6, 6.07) is 13.9. The van der Waals surface area contributed by atoms with Crippen LogP contribution in [0.15, 0.2) is 59.8 Å². The molecule has 2 aliphatic heterocycles. The van der Waals surface area contributed by atoms with Crippen molar-refractivity contribution in [2.24, 2.45) is 0 Å². The van der Waals surface area contributed by atoms with Gasteiger partial charge in [0.05, 0.1) is 19.3 Å². The predicted molar refractivity (Wildman–Crippen MR) is 137 cm³/mol. The van der Waals surface area contributed by atoms with E-state index >= 15 is 0 Å². The molecule has 0 N–H and O–H groups in total. The fraction of sp³-hybridized carbons (Fsp3) is 0.393. The van der Waals surface area contributed by atoms with Crippen molar-refractivity contribution in [1.82, 2.24) is 9.80 Å². The highest BCUT2D eigenvalue weighted by Gasteiger charge is 2.39. The third-order valence-corrected chi connectivity index (χ3v) is 6.96. The van der Waals surface area contributed by atoms with Crippen molar-refractivity contribution in [2.75, 3.05) is 51.3 Å². The van der Waals surface area contributed by atoms with E-state index in [2.05, 4.69) is 4.90 Å². The zero-order valence-electron chi connectivity index (χ0n) is 21.4. The lowest BCUT2D eigenvalue weighted by atomic mass is 9.83. The number of methoxy groups -OCH3 is 1. The largest absolute Gasteiger partial charge is 0.497 e. The molecule has 1 fully saturated rings. The number of piperazine rings is 1. The van der Waals surface area contributed by atoms with E-state index in [1.54, 1.807) is 44.1 Å². The maximum Gasteiger partial charge on any atom is 0.336 e. The van der Waals surface area contributed by atoms with Gasteiger partial charge in [-0.2, -0.15) is 0 Å². The molecule has 196 valence electrons. The van der Waals surface area contributed by atoms with Gasteiger partial charge in [0, 0.05) is 49.9 Å². The molecule has 0 spiro atoms. The lowest BCUT2D eigenvalue weighted by Crippen LogP contribution is -2.52. The molecule has 1 atom stereocenters. The molecule has 4 rings (SSSR count). The molecule has 1 saturated heterocycles. The summed E-state index contributed by atoms with van der Waals surface area (Å²) in [5.41, 5.74) is 1.85. The van der Waals surface area contributed by atoms with Crippen LogP contribution in [0.5, 0.6) is 5.75 Å². The molecule has 2 aromatic carbocycles. The second kappa shape index (κ2) is 11.5. The van der Waals surface area contributed by atoms with Gasteiger partial charge in [-0.05, 0) is 49.7 Å². The van der Waals surface area contributed by atoms with Crippen LogP contribution in [-0.4, -0.2) is 74.0 Å². The summed E-state index contributed by atoms with van der Waals surface area (Å²) >= 11 is 0. The number of carbonyl (C=O) groups is 3. The first kappa shape index (κ1) is 26.2. The molecule has 37 heavy (non-hydrogen) atoms. The predicted octanol–water partition coefficient (Wildman–Crippen LogP) is 3.34. The van der Waals surface area contributed by atoms with Gasteiger partial charge in [0.2, 0.25) is 11.8 Å². The molecule has 0 bridgehead atoms. The van der Waals surface area contributed by atoms with E-state index < -0.39 is 17.7 Å². The van der Waals surface area contributed by atoms with Crippen LogP contribution in [0.4, 0.5) is 10.1 Å². The number of hydrogen-bond acceptors (Lipinski definition) is 6. The molecular weight excluding hydrogens is 477 g/mol. The number of amides is 2. The lowest BCUT2D eigenvalue weighted by Gasteiger charge is -2.38. The average molecular weight is 510 g/mol.